The van der Waals surface area contributed by atoms with Gasteiger partial charge in [-0.3, -0.25) is 4.79 Å². The van der Waals surface area contributed by atoms with Crippen molar-refractivity contribution in [1.82, 2.24) is 4.72 Å². The Morgan fingerprint density at radius 2 is 1.96 bits per heavy atom. The second kappa shape index (κ2) is 7.73. The number of carbonyl (C=O) groups excluding carboxylic acids is 1. The molecule has 0 aliphatic carbocycles. The summed E-state index contributed by atoms with van der Waals surface area (Å²) in [7, 11) is -3.74. The molecule has 0 bridgehead atoms. The molecule has 1 aliphatic rings. The van der Waals surface area contributed by atoms with Gasteiger partial charge < -0.3 is 5.32 Å². The number of halogens is 2. The number of carbonyl (C=O) groups is 1. The lowest BCUT2D eigenvalue weighted by molar-refractivity contribution is -0.116. The Labute approximate surface area is 156 Å². The molecule has 2 N–H and O–H groups in total. The Balaban J connectivity index is 1.66. The monoisotopic (exact) mass is 396 g/mol. The Bertz CT molecular complexity index is 947. The number of amides is 1. The first-order chi connectivity index (χ1) is 12.4. The van der Waals surface area contributed by atoms with Gasteiger partial charge in [0.25, 0.3) is 0 Å². The first kappa shape index (κ1) is 18.8. The normalized spacial score (nSPS) is 14.0. The zero-order valence-electron chi connectivity index (χ0n) is 13.9. The van der Waals surface area contributed by atoms with Gasteiger partial charge in [-0.2, -0.15) is 0 Å². The van der Waals surface area contributed by atoms with Crippen LogP contribution in [0.3, 0.4) is 0 Å². The van der Waals surface area contributed by atoms with E-state index in [1.807, 2.05) is 0 Å². The summed E-state index contributed by atoms with van der Waals surface area (Å²) >= 11 is 6.13. The standard InChI is InChI=1S/C18H18ClFN2O3S/c19-15-11-14(10-13-7-8-17(23)22-18(13)15)26(24,25)21-9-3-5-12-4-1-2-6-16(12)20/h1-2,4,6,10-11,21H,3,5,7-9H2,(H,22,23). The van der Waals surface area contributed by atoms with Crippen molar-refractivity contribution in [3.05, 3.63) is 58.4 Å². The van der Waals surface area contributed by atoms with Gasteiger partial charge in [-0.25, -0.2) is 17.5 Å². The van der Waals surface area contributed by atoms with Gasteiger partial charge in [-0.05, 0) is 48.6 Å². The molecule has 1 heterocycles. The summed E-state index contributed by atoms with van der Waals surface area (Å²) < 4.78 is 41.0. The molecule has 8 heteroatoms. The zero-order valence-corrected chi connectivity index (χ0v) is 15.5. The maximum absolute atomic E-state index is 13.6. The molecule has 138 valence electrons. The Hall–Kier alpha value is -1.96. The van der Waals surface area contributed by atoms with Crippen LogP contribution >= 0.6 is 11.6 Å². The molecule has 3 rings (SSSR count). The quantitative estimate of drug-likeness (QED) is 0.736. The summed E-state index contributed by atoms with van der Waals surface area (Å²) in [6.07, 6.45) is 1.64. The smallest absolute Gasteiger partial charge is 0.240 e. The van der Waals surface area contributed by atoms with Crippen LogP contribution in [0.1, 0.15) is 24.0 Å². The fourth-order valence-electron chi connectivity index (χ4n) is 2.85. The van der Waals surface area contributed by atoms with Crippen LogP contribution in [0.4, 0.5) is 10.1 Å². The van der Waals surface area contributed by atoms with E-state index in [9.17, 15) is 17.6 Å². The molecule has 0 saturated carbocycles. The maximum Gasteiger partial charge on any atom is 0.240 e. The van der Waals surface area contributed by atoms with Gasteiger partial charge in [0.05, 0.1) is 15.6 Å². The van der Waals surface area contributed by atoms with Crippen molar-refractivity contribution in [2.45, 2.75) is 30.6 Å². The number of hydrogen-bond donors (Lipinski definition) is 2. The van der Waals surface area contributed by atoms with E-state index >= 15 is 0 Å². The van der Waals surface area contributed by atoms with Crippen molar-refractivity contribution in [1.29, 1.82) is 0 Å². The van der Waals surface area contributed by atoms with Crippen LogP contribution in [0, 0.1) is 5.82 Å². The van der Waals surface area contributed by atoms with Crippen LogP contribution in [0.25, 0.3) is 0 Å². The van der Waals surface area contributed by atoms with E-state index in [4.69, 9.17) is 11.6 Å². The molecule has 1 amide bonds. The minimum Gasteiger partial charge on any atom is -0.325 e. The Morgan fingerprint density at radius 3 is 2.73 bits per heavy atom. The highest BCUT2D eigenvalue weighted by Gasteiger charge is 2.22. The highest BCUT2D eigenvalue weighted by molar-refractivity contribution is 7.89. The number of hydrogen-bond acceptors (Lipinski definition) is 3. The summed E-state index contributed by atoms with van der Waals surface area (Å²) in [6, 6.07) is 9.28. The first-order valence-corrected chi connectivity index (χ1v) is 10.1. The number of sulfonamides is 1. The minimum atomic E-state index is -3.74. The zero-order chi connectivity index (χ0) is 18.7. The SMILES string of the molecule is O=C1CCc2cc(S(=O)(=O)NCCCc3ccccc3F)cc(Cl)c2N1. The Kier molecular flexibility index (Phi) is 5.60. The lowest BCUT2D eigenvalue weighted by Gasteiger charge is -2.19. The van der Waals surface area contributed by atoms with Crippen LogP contribution in [0.2, 0.25) is 5.02 Å². The molecule has 0 saturated heterocycles. The molecule has 26 heavy (non-hydrogen) atoms. The number of benzene rings is 2. The first-order valence-electron chi connectivity index (χ1n) is 8.22. The second-order valence-electron chi connectivity index (χ2n) is 6.08. The maximum atomic E-state index is 13.6. The molecular weight excluding hydrogens is 379 g/mol. The average molecular weight is 397 g/mol. The number of nitrogens with one attached hydrogen (secondary N) is 2. The van der Waals surface area contributed by atoms with E-state index in [2.05, 4.69) is 10.0 Å². The lowest BCUT2D eigenvalue weighted by atomic mass is 10.0. The molecule has 0 spiro atoms. The Morgan fingerprint density at radius 1 is 1.19 bits per heavy atom. The topological polar surface area (TPSA) is 75.3 Å². The number of rotatable bonds is 6. The van der Waals surface area contributed by atoms with E-state index < -0.39 is 10.0 Å². The summed E-state index contributed by atoms with van der Waals surface area (Å²) in [6.45, 7) is 0.183. The molecule has 5 nitrogen and oxygen atoms in total. The van der Waals surface area contributed by atoms with Crippen LogP contribution in [-0.4, -0.2) is 20.9 Å². The van der Waals surface area contributed by atoms with Gasteiger partial charge in [0, 0.05) is 13.0 Å². The van der Waals surface area contributed by atoms with E-state index in [0.29, 0.717) is 42.5 Å². The molecule has 2 aromatic rings. The van der Waals surface area contributed by atoms with E-state index in [1.54, 1.807) is 18.2 Å². The average Bonchev–Trinajstić information content (AvgIpc) is 2.60. The fraction of sp³-hybridized carbons (Fsp3) is 0.278. The van der Waals surface area contributed by atoms with Crippen molar-refractivity contribution in [3.8, 4) is 0 Å². The minimum absolute atomic E-state index is 0.0586. The second-order valence-corrected chi connectivity index (χ2v) is 8.25. The van der Waals surface area contributed by atoms with Crippen molar-refractivity contribution in [2.24, 2.45) is 0 Å². The molecule has 2 aromatic carbocycles. The van der Waals surface area contributed by atoms with Gasteiger partial charge in [-0.1, -0.05) is 29.8 Å². The number of aryl methyl sites for hydroxylation is 2. The summed E-state index contributed by atoms with van der Waals surface area (Å²) in [5.74, 6) is -0.430. The molecule has 0 unspecified atom stereocenters. The number of anilines is 1. The van der Waals surface area contributed by atoms with Gasteiger partial charge >= 0.3 is 0 Å². The largest absolute Gasteiger partial charge is 0.325 e. The summed E-state index contributed by atoms with van der Waals surface area (Å²) in [5, 5.41) is 2.86. The highest BCUT2D eigenvalue weighted by atomic mass is 35.5. The van der Waals surface area contributed by atoms with E-state index in [1.165, 1.54) is 18.2 Å². The van der Waals surface area contributed by atoms with Gasteiger partial charge in [0.1, 0.15) is 5.82 Å². The third kappa shape index (κ3) is 4.23. The third-order valence-corrected chi connectivity index (χ3v) is 5.95. The summed E-state index contributed by atoms with van der Waals surface area (Å²) in [5.41, 5.74) is 1.73. The van der Waals surface area contributed by atoms with Crippen LogP contribution < -0.4 is 10.0 Å². The van der Waals surface area contributed by atoms with Crippen LogP contribution in [0.5, 0.6) is 0 Å². The van der Waals surface area contributed by atoms with Crippen molar-refractivity contribution < 1.29 is 17.6 Å². The van der Waals surface area contributed by atoms with Crippen molar-refractivity contribution in [2.75, 3.05) is 11.9 Å². The van der Waals surface area contributed by atoms with Crippen molar-refractivity contribution in [3.63, 3.8) is 0 Å². The molecule has 0 radical (unpaired) electrons. The molecule has 0 aromatic heterocycles. The summed E-state index contributed by atoms with van der Waals surface area (Å²) in [4.78, 5) is 11.5. The number of fused-ring (bicyclic) bond motifs is 1. The fourth-order valence-corrected chi connectivity index (χ4v) is 4.35. The van der Waals surface area contributed by atoms with Gasteiger partial charge in [0.2, 0.25) is 15.9 Å². The third-order valence-electron chi connectivity index (χ3n) is 4.21. The van der Waals surface area contributed by atoms with Crippen LogP contribution in [-0.2, 0) is 27.7 Å². The predicted octanol–water partition coefficient (Wildman–Crippen LogP) is 3.27. The molecule has 1 aliphatic heterocycles. The predicted molar refractivity (Wildman–Crippen MR) is 98.3 cm³/mol. The van der Waals surface area contributed by atoms with E-state index in [-0.39, 0.29) is 28.2 Å². The van der Waals surface area contributed by atoms with Crippen molar-refractivity contribution >= 4 is 33.2 Å². The van der Waals surface area contributed by atoms with Gasteiger partial charge in [-0.15, -0.1) is 0 Å². The highest BCUT2D eigenvalue weighted by Crippen LogP contribution is 2.33. The molecule has 0 fully saturated rings. The van der Waals surface area contributed by atoms with Gasteiger partial charge in [0.15, 0.2) is 0 Å². The van der Waals surface area contributed by atoms with E-state index in [0.717, 1.165) is 0 Å². The lowest BCUT2D eigenvalue weighted by Crippen LogP contribution is -2.26. The molecular formula is C18H18ClFN2O3S. The van der Waals surface area contributed by atoms with Crippen LogP contribution in [0.15, 0.2) is 41.3 Å². The molecule has 0 atom stereocenters.